The lowest BCUT2D eigenvalue weighted by atomic mass is 9.95. The first-order valence-corrected chi connectivity index (χ1v) is 8.32. The van der Waals surface area contributed by atoms with E-state index in [1.807, 2.05) is 50.2 Å². The fourth-order valence-corrected chi connectivity index (χ4v) is 3.08. The van der Waals surface area contributed by atoms with Crippen LogP contribution in [0.15, 0.2) is 60.7 Å². The molecule has 0 unspecified atom stereocenters. The lowest BCUT2D eigenvalue weighted by Crippen LogP contribution is -2.17. The molecule has 0 aliphatic rings. The van der Waals surface area contributed by atoms with Crippen molar-refractivity contribution in [2.24, 2.45) is 0 Å². The molecule has 3 nitrogen and oxygen atoms in total. The third-order valence-corrected chi connectivity index (χ3v) is 4.06. The second-order valence-corrected chi connectivity index (χ2v) is 6.29. The van der Waals surface area contributed by atoms with E-state index in [0.29, 0.717) is 22.5 Å². The largest absolute Gasteiger partial charge is 0.573 e. The van der Waals surface area contributed by atoms with Crippen LogP contribution in [0.25, 0.3) is 11.1 Å². The van der Waals surface area contributed by atoms with Crippen LogP contribution in [0.4, 0.5) is 30.2 Å². The molecule has 0 atom stereocenters. The third-order valence-electron chi connectivity index (χ3n) is 4.06. The Bertz CT molecular complexity index is 930. The minimum Gasteiger partial charge on any atom is -0.406 e. The number of ether oxygens (including phenoxy) is 1. The van der Waals surface area contributed by atoms with Crippen LogP contribution in [0.5, 0.6) is 5.75 Å². The van der Waals surface area contributed by atoms with Gasteiger partial charge in [-0.1, -0.05) is 24.3 Å². The summed E-state index contributed by atoms with van der Waals surface area (Å²) in [6.07, 6.45) is -4.76. The van der Waals surface area contributed by atoms with Crippen LogP contribution in [0.1, 0.15) is 11.1 Å². The number of anilines is 3. The van der Waals surface area contributed by atoms with Gasteiger partial charge >= 0.3 is 6.36 Å². The first-order valence-electron chi connectivity index (χ1n) is 8.32. The number of nitrogen functional groups attached to an aromatic ring is 1. The standard InChI is InChI=1S/C21H19F3N2O/c1-13-10-14(2)20(18(25)11-13)17-12-16(27-21(22,23)24)8-9-19(17)26-15-6-4-3-5-7-15/h3-12,26H,25H2,1-2H3. The van der Waals surface area contributed by atoms with Crippen molar-refractivity contribution in [1.29, 1.82) is 0 Å². The molecule has 0 spiro atoms. The van der Waals surface area contributed by atoms with Gasteiger partial charge in [-0.3, -0.25) is 0 Å². The molecule has 0 aliphatic heterocycles. The Hall–Kier alpha value is -3.15. The van der Waals surface area contributed by atoms with Crippen LogP contribution in [-0.4, -0.2) is 6.36 Å². The van der Waals surface area contributed by atoms with Gasteiger partial charge in [0.2, 0.25) is 0 Å². The van der Waals surface area contributed by atoms with E-state index >= 15 is 0 Å². The van der Waals surface area contributed by atoms with Crippen LogP contribution in [0.3, 0.4) is 0 Å². The van der Waals surface area contributed by atoms with Crippen LogP contribution in [0, 0.1) is 13.8 Å². The van der Waals surface area contributed by atoms with Crippen LogP contribution in [0.2, 0.25) is 0 Å². The van der Waals surface area contributed by atoms with Crippen LogP contribution >= 0.6 is 0 Å². The third kappa shape index (κ3) is 4.53. The molecule has 0 radical (unpaired) electrons. The van der Waals surface area contributed by atoms with Gasteiger partial charge in [0.1, 0.15) is 5.75 Å². The van der Waals surface area contributed by atoms with Gasteiger partial charge in [0, 0.05) is 28.2 Å². The van der Waals surface area contributed by atoms with Gasteiger partial charge in [-0.15, -0.1) is 13.2 Å². The van der Waals surface area contributed by atoms with Crippen molar-refractivity contribution in [1.82, 2.24) is 0 Å². The molecule has 0 heterocycles. The van der Waals surface area contributed by atoms with Gasteiger partial charge in [-0.25, -0.2) is 0 Å². The molecule has 27 heavy (non-hydrogen) atoms. The smallest absolute Gasteiger partial charge is 0.406 e. The van der Waals surface area contributed by atoms with Gasteiger partial charge in [-0.2, -0.15) is 0 Å². The molecule has 0 saturated carbocycles. The second-order valence-electron chi connectivity index (χ2n) is 6.29. The minimum atomic E-state index is -4.76. The number of benzene rings is 3. The van der Waals surface area contributed by atoms with Crippen molar-refractivity contribution < 1.29 is 17.9 Å². The number of hydrogen-bond donors (Lipinski definition) is 2. The van der Waals surface area contributed by atoms with Gasteiger partial charge in [0.05, 0.1) is 0 Å². The van der Waals surface area contributed by atoms with Gasteiger partial charge < -0.3 is 15.8 Å². The van der Waals surface area contributed by atoms with E-state index in [-0.39, 0.29) is 5.75 Å². The lowest BCUT2D eigenvalue weighted by molar-refractivity contribution is -0.274. The monoisotopic (exact) mass is 372 g/mol. The molecule has 0 saturated heterocycles. The summed E-state index contributed by atoms with van der Waals surface area (Å²) >= 11 is 0. The summed E-state index contributed by atoms with van der Waals surface area (Å²) in [4.78, 5) is 0. The first-order chi connectivity index (χ1) is 12.7. The van der Waals surface area contributed by atoms with Crippen LogP contribution in [-0.2, 0) is 0 Å². The molecule has 3 aromatic carbocycles. The van der Waals surface area contributed by atoms with E-state index in [2.05, 4.69) is 10.1 Å². The Kier molecular flexibility index (Phi) is 4.99. The van der Waals surface area contributed by atoms with Crippen molar-refractivity contribution in [2.45, 2.75) is 20.2 Å². The second kappa shape index (κ2) is 7.23. The molecule has 0 bridgehead atoms. The number of halogens is 3. The van der Waals surface area contributed by atoms with Crippen molar-refractivity contribution in [2.75, 3.05) is 11.1 Å². The maximum absolute atomic E-state index is 12.7. The topological polar surface area (TPSA) is 47.3 Å². The molecular weight excluding hydrogens is 353 g/mol. The van der Waals surface area contributed by atoms with E-state index < -0.39 is 6.36 Å². The molecule has 0 aromatic heterocycles. The zero-order valence-electron chi connectivity index (χ0n) is 14.9. The van der Waals surface area contributed by atoms with Crippen molar-refractivity contribution in [3.8, 4) is 16.9 Å². The Labute approximate surface area is 155 Å². The summed E-state index contributed by atoms with van der Waals surface area (Å²) in [6.45, 7) is 3.79. The van der Waals surface area contributed by atoms with E-state index in [1.54, 1.807) is 12.1 Å². The number of alkyl halides is 3. The fourth-order valence-electron chi connectivity index (χ4n) is 3.08. The van der Waals surface area contributed by atoms with Crippen molar-refractivity contribution >= 4 is 17.1 Å². The number of nitrogens with one attached hydrogen (secondary N) is 1. The molecule has 3 N–H and O–H groups in total. The van der Waals surface area contributed by atoms with Gasteiger partial charge in [0.15, 0.2) is 0 Å². The molecule has 0 fully saturated rings. The lowest BCUT2D eigenvalue weighted by Gasteiger charge is -2.18. The van der Waals surface area contributed by atoms with E-state index in [0.717, 1.165) is 16.8 Å². The maximum atomic E-state index is 12.7. The normalized spacial score (nSPS) is 11.3. The predicted octanol–water partition coefficient (Wildman–Crippen LogP) is 6.19. The van der Waals surface area contributed by atoms with Crippen molar-refractivity contribution in [3.63, 3.8) is 0 Å². The average Bonchev–Trinajstić information content (AvgIpc) is 2.56. The Morgan fingerprint density at radius 3 is 2.26 bits per heavy atom. The average molecular weight is 372 g/mol. The van der Waals surface area contributed by atoms with Crippen LogP contribution < -0.4 is 15.8 Å². The Morgan fingerprint density at radius 1 is 0.926 bits per heavy atom. The number of nitrogens with two attached hydrogens (primary N) is 1. The molecule has 0 amide bonds. The molecule has 6 heteroatoms. The highest BCUT2D eigenvalue weighted by Gasteiger charge is 2.31. The highest BCUT2D eigenvalue weighted by molar-refractivity contribution is 5.90. The fraction of sp³-hybridized carbons (Fsp3) is 0.143. The maximum Gasteiger partial charge on any atom is 0.573 e. The predicted molar refractivity (Wildman–Crippen MR) is 102 cm³/mol. The number of para-hydroxylation sites is 1. The quantitative estimate of drug-likeness (QED) is 0.537. The summed E-state index contributed by atoms with van der Waals surface area (Å²) in [7, 11) is 0. The molecular formula is C21H19F3N2O. The summed E-state index contributed by atoms with van der Waals surface area (Å²) in [5.41, 5.74) is 11.2. The molecule has 3 rings (SSSR count). The highest BCUT2D eigenvalue weighted by Crippen LogP contribution is 2.40. The number of aryl methyl sites for hydroxylation is 2. The zero-order valence-corrected chi connectivity index (χ0v) is 14.9. The zero-order chi connectivity index (χ0) is 19.6. The van der Waals surface area contributed by atoms with Gasteiger partial charge in [0.25, 0.3) is 0 Å². The summed E-state index contributed by atoms with van der Waals surface area (Å²) in [6, 6.07) is 17.3. The molecule has 0 aliphatic carbocycles. The Morgan fingerprint density at radius 2 is 1.63 bits per heavy atom. The SMILES string of the molecule is Cc1cc(C)c(-c2cc(OC(F)(F)F)ccc2Nc2ccccc2)c(N)c1. The Balaban J connectivity index is 2.14. The van der Waals surface area contributed by atoms with Gasteiger partial charge in [-0.05, 0) is 61.4 Å². The summed E-state index contributed by atoms with van der Waals surface area (Å²) in [5, 5.41) is 3.24. The number of rotatable bonds is 4. The molecule has 140 valence electrons. The van der Waals surface area contributed by atoms with E-state index in [9.17, 15) is 13.2 Å². The van der Waals surface area contributed by atoms with E-state index in [1.165, 1.54) is 12.1 Å². The first kappa shape index (κ1) is 18.6. The molecule has 3 aromatic rings. The summed E-state index contributed by atoms with van der Waals surface area (Å²) < 4.78 is 42.1. The van der Waals surface area contributed by atoms with E-state index in [4.69, 9.17) is 5.73 Å². The summed E-state index contributed by atoms with van der Waals surface area (Å²) in [5.74, 6) is -0.296. The number of hydrogen-bond acceptors (Lipinski definition) is 3. The van der Waals surface area contributed by atoms with Crippen molar-refractivity contribution in [3.05, 3.63) is 71.8 Å². The highest BCUT2D eigenvalue weighted by atomic mass is 19.4. The minimum absolute atomic E-state index is 0.296.